The van der Waals surface area contributed by atoms with Gasteiger partial charge in [0.2, 0.25) is 5.89 Å². The summed E-state index contributed by atoms with van der Waals surface area (Å²) in [6.45, 7) is 12.3. The number of hydrogen-bond donors (Lipinski definition) is 0. The van der Waals surface area contributed by atoms with E-state index in [1.807, 2.05) is 6.20 Å². The van der Waals surface area contributed by atoms with Crippen molar-refractivity contribution in [2.45, 2.75) is 52.2 Å². The second kappa shape index (κ2) is 6.41. The number of ether oxygens (including phenoxy) is 1. The van der Waals surface area contributed by atoms with Crippen LogP contribution < -0.4 is 0 Å². The quantitative estimate of drug-likeness (QED) is 0.856. The van der Waals surface area contributed by atoms with Crippen LogP contribution in [0.25, 0.3) is 0 Å². The molecule has 3 rings (SSSR count). The molecule has 23 heavy (non-hydrogen) atoms. The smallest absolute Gasteiger partial charge is 0.216 e. The summed E-state index contributed by atoms with van der Waals surface area (Å²) in [7, 11) is 0. The number of hydrogen-bond acceptors (Lipinski definition) is 6. The third kappa shape index (κ3) is 3.97. The van der Waals surface area contributed by atoms with Crippen molar-refractivity contribution in [1.29, 1.82) is 0 Å². The van der Waals surface area contributed by atoms with Gasteiger partial charge in [-0.2, -0.15) is 0 Å². The zero-order valence-electron chi connectivity index (χ0n) is 14.3. The maximum absolute atomic E-state index is 5.80. The molecule has 0 spiro atoms. The van der Waals surface area contributed by atoms with Crippen molar-refractivity contribution in [2.75, 3.05) is 19.8 Å². The van der Waals surface area contributed by atoms with Crippen molar-refractivity contribution in [3.8, 4) is 0 Å². The van der Waals surface area contributed by atoms with Gasteiger partial charge in [-0.3, -0.25) is 4.90 Å². The summed E-state index contributed by atoms with van der Waals surface area (Å²) in [5.41, 5.74) is 0.923. The van der Waals surface area contributed by atoms with Crippen molar-refractivity contribution in [1.82, 2.24) is 24.9 Å². The Bertz CT molecular complexity index is 643. The van der Waals surface area contributed by atoms with Gasteiger partial charge in [0.05, 0.1) is 31.3 Å². The van der Waals surface area contributed by atoms with Crippen molar-refractivity contribution in [3.63, 3.8) is 0 Å². The maximum atomic E-state index is 5.80. The van der Waals surface area contributed by atoms with Crippen LogP contribution in [0.1, 0.15) is 45.0 Å². The molecule has 1 saturated heterocycles. The van der Waals surface area contributed by atoms with E-state index in [1.54, 1.807) is 10.9 Å². The van der Waals surface area contributed by atoms with Crippen LogP contribution in [0.2, 0.25) is 0 Å². The molecule has 7 heteroatoms. The van der Waals surface area contributed by atoms with E-state index >= 15 is 0 Å². The van der Waals surface area contributed by atoms with E-state index in [9.17, 15) is 0 Å². The van der Waals surface area contributed by atoms with Crippen LogP contribution in [0.3, 0.4) is 0 Å². The fourth-order valence-electron chi connectivity index (χ4n) is 2.56. The van der Waals surface area contributed by atoms with E-state index in [-0.39, 0.29) is 5.41 Å². The molecule has 0 aromatic carbocycles. The third-order valence-electron chi connectivity index (χ3n) is 4.05. The average Bonchev–Trinajstić information content (AvgIpc) is 3.11. The monoisotopic (exact) mass is 319 g/mol. The summed E-state index contributed by atoms with van der Waals surface area (Å²) in [5, 5.41) is 8.44. The molecule has 1 aliphatic rings. The lowest BCUT2D eigenvalue weighted by Crippen LogP contribution is -2.42. The Labute approximate surface area is 136 Å². The minimum atomic E-state index is -0.0365. The van der Waals surface area contributed by atoms with E-state index in [0.717, 1.165) is 37.8 Å². The summed E-state index contributed by atoms with van der Waals surface area (Å²) in [5.74, 6) is 1.54. The third-order valence-corrected chi connectivity index (χ3v) is 4.05. The molecule has 0 amide bonds. The van der Waals surface area contributed by atoms with Gasteiger partial charge in [-0.25, -0.2) is 9.67 Å². The highest BCUT2D eigenvalue weighted by atomic mass is 16.5. The first-order valence-electron chi connectivity index (χ1n) is 8.08. The van der Waals surface area contributed by atoms with Crippen LogP contribution in [0.15, 0.2) is 16.8 Å². The Morgan fingerprint density at radius 2 is 2.13 bits per heavy atom. The Morgan fingerprint density at radius 1 is 1.30 bits per heavy atom. The molecule has 2 aromatic heterocycles. The standard InChI is InChI=1S/C16H25N5O2/c1-12-11-22-6-5-20(12)8-13-9-21(19-18-13)10-15-17-7-14(23-15)16(2,3)4/h7,9,12H,5-6,8,10-11H2,1-4H3/t12-/m1/s1. The fourth-order valence-corrected chi connectivity index (χ4v) is 2.56. The number of oxazole rings is 1. The highest BCUT2D eigenvalue weighted by molar-refractivity contribution is 5.06. The van der Waals surface area contributed by atoms with Crippen molar-refractivity contribution < 1.29 is 9.15 Å². The normalized spacial score (nSPS) is 20.1. The molecule has 0 aliphatic carbocycles. The Balaban J connectivity index is 1.62. The van der Waals surface area contributed by atoms with Gasteiger partial charge in [0.15, 0.2) is 0 Å². The summed E-state index contributed by atoms with van der Waals surface area (Å²) < 4.78 is 13.0. The topological polar surface area (TPSA) is 69.2 Å². The average molecular weight is 319 g/mol. The van der Waals surface area contributed by atoms with Crippen LogP contribution in [0, 0.1) is 0 Å². The fraction of sp³-hybridized carbons (Fsp3) is 0.688. The van der Waals surface area contributed by atoms with Gasteiger partial charge in [0.1, 0.15) is 12.3 Å². The van der Waals surface area contributed by atoms with E-state index in [2.05, 4.69) is 47.9 Å². The molecule has 1 atom stereocenters. The molecule has 0 unspecified atom stereocenters. The van der Waals surface area contributed by atoms with E-state index in [0.29, 0.717) is 18.5 Å². The first-order valence-corrected chi connectivity index (χ1v) is 8.08. The van der Waals surface area contributed by atoms with Gasteiger partial charge >= 0.3 is 0 Å². The number of aromatic nitrogens is 4. The first-order chi connectivity index (χ1) is 10.9. The molecule has 7 nitrogen and oxygen atoms in total. The molecular formula is C16H25N5O2. The highest BCUT2D eigenvalue weighted by Gasteiger charge is 2.21. The van der Waals surface area contributed by atoms with Crippen molar-refractivity contribution >= 4 is 0 Å². The van der Waals surface area contributed by atoms with E-state index < -0.39 is 0 Å². The van der Waals surface area contributed by atoms with Crippen LogP contribution in [-0.4, -0.2) is 50.7 Å². The van der Waals surface area contributed by atoms with Gasteiger partial charge in [0, 0.05) is 24.5 Å². The van der Waals surface area contributed by atoms with E-state index in [1.165, 1.54) is 0 Å². The minimum Gasteiger partial charge on any atom is -0.443 e. The van der Waals surface area contributed by atoms with Gasteiger partial charge in [-0.05, 0) is 6.92 Å². The van der Waals surface area contributed by atoms with E-state index in [4.69, 9.17) is 9.15 Å². The van der Waals surface area contributed by atoms with Crippen LogP contribution in [-0.2, 0) is 23.2 Å². The van der Waals surface area contributed by atoms with Gasteiger partial charge < -0.3 is 9.15 Å². The lowest BCUT2D eigenvalue weighted by Gasteiger charge is -2.32. The van der Waals surface area contributed by atoms with Gasteiger partial charge in [0.25, 0.3) is 0 Å². The summed E-state index contributed by atoms with van der Waals surface area (Å²) >= 11 is 0. The number of nitrogens with zero attached hydrogens (tertiary/aromatic N) is 5. The molecule has 1 aliphatic heterocycles. The molecule has 0 bridgehead atoms. The Morgan fingerprint density at radius 3 is 2.83 bits per heavy atom. The zero-order valence-corrected chi connectivity index (χ0v) is 14.3. The molecule has 2 aromatic rings. The maximum Gasteiger partial charge on any atom is 0.216 e. The van der Waals surface area contributed by atoms with Gasteiger partial charge in [-0.1, -0.05) is 26.0 Å². The zero-order chi connectivity index (χ0) is 16.4. The molecule has 0 radical (unpaired) electrons. The lowest BCUT2D eigenvalue weighted by molar-refractivity contribution is -0.00492. The SMILES string of the molecule is C[C@@H]1COCCN1Cc1cn(Cc2ncc(C(C)(C)C)o2)nn1. The molecule has 0 N–H and O–H groups in total. The second-order valence-corrected chi connectivity index (χ2v) is 7.17. The number of morpholine rings is 1. The summed E-state index contributed by atoms with van der Waals surface area (Å²) in [6, 6.07) is 0.412. The summed E-state index contributed by atoms with van der Waals surface area (Å²) in [6.07, 6.45) is 3.76. The predicted molar refractivity (Wildman–Crippen MR) is 85.0 cm³/mol. The predicted octanol–water partition coefficient (Wildman–Crippen LogP) is 1.83. The van der Waals surface area contributed by atoms with Crippen molar-refractivity contribution in [2.24, 2.45) is 0 Å². The Kier molecular flexibility index (Phi) is 4.50. The molecule has 1 fully saturated rings. The minimum absolute atomic E-state index is 0.0365. The lowest BCUT2D eigenvalue weighted by atomic mass is 9.94. The molecule has 126 valence electrons. The highest BCUT2D eigenvalue weighted by Crippen LogP contribution is 2.22. The molecule has 3 heterocycles. The molecular weight excluding hydrogens is 294 g/mol. The van der Waals surface area contributed by atoms with Gasteiger partial charge in [-0.15, -0.1) is 5.10 Å². The van der Waals surface area contributed by atoms with Crippen LogP contribution >= 0.6 is 0 Å². The first kappa shape index (κ1) is 16.1. The number of rotatable bonds is 4. The van der Waals surface area contributed by atoms with Crippen LogP contribution in [0.4, 0.5) is 0 Å². The largest absolute Gasteiger partial charge is 0.443 e. The second-order valence-electron chi connectivity index (χ2n) is 7.17. The molecule has 0 saturated carbocycles. The van der Waals surface area contributed by atoms with Crippen LogP contribution in [0.5, 0.6) is 0 Å². The Hall–Kier alpha value is -1.73. The van der Waals surface area contributed by atoms with Crippen molar-refractivity contribution in [3.05, 3.63) is 29.7 Å². The summed E-state index contributed by atoms with van der Waals surface area (Å²) in [4.78, 5) is 6.69.